The van der Waals surface area contributed by atoms with Gasteiger partial charge in [0.1, 0.15) is 0 Å². The molecule has 0 aliphatic rings. The van der Waals surface area contributed by atoms with E-state index < -0.39 is 11.6 Å². The molecule has 2 aromatic rings. The summed E-state index contributed by atoms with van der Waals surface area (Å²) in [5.74, 6) is -1.95. The monoisotopic (exact) mass is 327 g/mol. The molecule has 6 heteroatoms. The van der Waals surface area contributed by atoms with Crippen LogP contribution in [0.2, 0.25) is 5.02 Å². The molecule has 2 aromatic carbocycles. The van der Waals surface area contributed by atoms with Crippen molar-refractivity contribution in [2.24, 2.45) is 0 Å². The molecule has 21 heavy (non-hydrogen) atoms. The summed E-state index contributed by atoms with van der Waals surface area (Å²) in [7, 11) is 0. The Morgan fingerprint density at radius 3 is 2.62 bits per heavy atom. The third kappa shape index (κ3) is 4.44. The van der Waals surface area contributed by atoms with Crippen molar-refractivity contribution in [2.45, 2.75) is 11.8 Å². The van der Waals surface area contributed by atoms with Gasteiger partial charge in [0, 0.05) is 15.6 Å². The molecular weight excluding hydrogens is 316 g/mol. The largest absolute Gasteiger partial charge is 0.325 e. The third-order valence-corrected chi connectivity index (χ3v) is 3.95. The van der Waals surface area contributed by atoms with Gasteiger partial charge in [-0.3, -0.25) is 4.79 Å². The minimum Gasteiger partial charge on any atom is -0.325 e. The Hall–Kier alpha value is -1.59. The Morgan fingerprint density at radius 1 is 1.19 bits per heavy atom. The lowest BCUT2D eigenvalue weighted by Gasteiger charge is -2.08. The average Bonchev–Trinajstić information content (AvgIpc) is 2.43. The lowest BCUT2D eigenvalue weighted by molar-refractivity contribution is -0.113. The Labute approximate surface area is 130 Å². The van der Waals surface area contributed by atoms with Crippen LogP contribution in [-0.2, 0) is 4.79 Å². The number of nitrogens with one attached hydrogen (secondary N) is 1. The van der Waals surface area contributed by atoms with Crippen LogP contribution < -0.4 is 5.32 Å². The summed E-state index contributed by atoms with van der Waals surface area (Å²) in [5, 5.41) is 3.35. The van der Waals surface area contributed by atoms with E-state index in [1.54, 1.807) is 18.2 Å². The van der Waals surface area contributed by atoms with Gasteiger partial charge in [0.05, 0.1) is 5.75 Å². The van der Waals surface area contributed by atoms with Gasteiger partial charge >= 0.3 is 0 Å². The van der Waals surface area contributed by atoms with Gasteiger partial charge < -0.3 is 5.32 Å². The van der Waals surface area contributed by atoms with Crippen LogP contribution in [0.3, 0.4) is 0 Å². The molecule has 2 nitrogen and oxygen atoms in total. The van der Waals surface area contributed by atoms with E-state index in [1.165, 1.54) is 6.07 Å². The van der Waals surface area contributed by atoms with Gasteiger partial charge in [0.25, 0.3) is 0 Å². The van der Waals surface area contributed by atoms with E-state index in [0.717, 1.165) is 29.5 Å². The summed E-state index contributed by atoms with van der Waals surface area (Å²) in [6, 6.07) is 8.70. The van der Waals surface area contributed by atoms with Gasteiger partial charge in [-0.1, -0.05) is 11.6 Å². The van der Waals surface area contributed by atoms with Crippen LogP contribution in [0.5, 0.6) is 0 Å². The molecule has 0 fully saturated rings. The second-order valence-corrected chi connectivity index (χ2v) is 5.86. The second-order valence-electron chi connectivity index (χ2n) is 4.37. The molecule has 0 unspecified atom stereocenters. The van der Waals surface area contributed by atoms with Crippen molar-refractivity contribution >= 4 is 35.0 Å². The van der Waals surface area contributed by atoms with Gasteiger partial charge in [0.15, 0.2) is 11.6 Å². The number of anilines is 1. The van der Waals surface area contributed by atoms with Crippen LogP contribution in [-0.4, -0.2) is 11.7 Å². The zero-order chi connectivity index (χ0) is 15.4. The van der Waals surface area contributed by atoms with Gasteiger partial charge in [-0.2, -0.15) is 0 Å². The highest BCUT2D eigenvalue weighted by Gasteiger charge is 2.08. The summed E-state index contributed by atoms with van der Waals surface area (Å²) >= 11 is 6.97. The standard InChI is InChI=1S/C15H12ClF2NOS/c1-9-6-10(16)2-5-14(9)19-15(20)8-21-11-3-4-12(17)13(18)7-11/h2-7H,8H2,1H3,(H,19,20). The number of rotatable bonds is 4. The molecule has 1 amide bonds. The molecule has 0 heterocycles. The summed E-state index contributed by atoms with van der Waals surface area (Å²) in [6.45, 7) is 1.84. The molecule has 0 bridgehead atoms. The van der Waals surface area contributed by atoms with E-state index in [-0.39, 0.29) is 11.7 Å². The van der Waals surface area contributed by atoms with E-state index in [4.69, 9.17) is 11.6 Å². The minimum atomic E-state index is -0.922. The molecule has 0 atom stereocenters. The second kappa shape index (κ2) is 6.91. The number of amides is 1. The fraction of sp³-hybridized carbons (Fsp3) is 0.133. The third-order valence-electron chi connectivity index (χ3n) is 2.72. The summed E-state index contributed by atoms with van der Waals surface area (Å²) < 4.78 is 25.8. The Bertz CT molecular complexity index is 679. The molecule has 0 aliphatic carbocycles. The van der Waals surface area contributed by atoms with Crippen LogP contribution in [0.25, 0.3) is 0 Å². The highest BCUT2D eigenvalue weighted by molar-refractivity contribution is 8.00. The van der Waals surface area contributed by atoms with Crippen LogP contribution >= 0.6 is 23.4 Å². The first-order chi connectivity index (χ1) is 9.95. The molecule has 0 spiro atoms. The highest BCUT2D eigenvalue weighted by atomic mass is 35.5. The van der Waals surface area contributed by atoms with Crippen LogP contribution in [0.15, 0.2) is 41.3 Å². The predicted octanol–water partition coefficient (Wildman–Crippen LogP) is 4.66. The van der Waals surface area contributed by atoms with Gasteiger partial charge in [-0.25, -0.2) is 8.78 Å². The lowest BCUT2D eigenvalue weighted by atomic mass is 10.2. The van der Waals surface area contributed by atoms with E-state index in [0.29, 0.717) is 15.6 Å². The van der Waals surface area contributed by atoms with E-state index in [2.05, 4.69) is 5.32 Å². The van der Waals surface area contributed by atoms with Crippen molar-refractivity contribution in [1.82, 2.24) is 0 Å². The fourth-order valence-electron chi connectivity index (χ4n) is 1.67. The quantitative estimate of drug-likeness (QED) is 0.828. The summed E-state index contributed by atoms with van der Waals surface area (Å²) in [6.07, 6.45) is 0. The SMILES string of the molecule is Cc1cc(Cl)ccc1NC(=O)CSc1ccc(F)c(F)c1. The molecule has 0 radical (unpaired) electrons. The van der Waals surface area contributed by atoms with Gasteiger partial charge in [-0.15, -0.1) is 11.8 Å². The molecule has 1 N–H and O–H groups in total. The Balaban J connectivity index is 1.94. The maximum atomic E-state index is 13.0. The zero-order valence-corrected chi connectivity index (χ0v) is 12.7. The van der Waals surface area contributed by atoms with Crippen molar-refractivity contribution in [3.05, 3.63) is 58.6 Å². The van der Waals surface area contributed by atoms with Crippen LogP contribution in [0.4, 0.5) is 14.5 Å². The maximum Gasteiger partial charge on any atom is 0.234 e. The van der Waals surface area contributed by atoms with E-state index in [9.17, 15) is 13.6 Å². The normalized spacial score (nSPS) is 10.5. The first kappa shape index (κ1) is 15.8. The van der Waals surface area contributed by atoms with Crippen LogP contribution in [0.1, 0.15) is 5.56 Å². The predicted molar refractivity (Wildman–Crippen MR) is 81.9 cm³/mol. The average molecular weight is 328 g/mol. The fourth-order valence-corrected chi connectivity index (χ4v) is 2.62. The molecule has 110 valence electrons. The smallest absolute Gasteiger partial charge is 0.234 e. The van der Waals surface area contributed by atoms with Gasteiger partial charge in [0.2, 0.25) is 5.91 Å². The van der Waals surface area contributed by atoms with Crippen molar-refractivity contribution in [1.29, 1.82) is 0 Å². The summed E-state index contributed by atoms with van der Waals surface area (Å²) in [5.41, 5.74) is 1.53. The number of aryl methyl sites for hydroxylation is 1. The number of thioether (sulfide) groups is 1. The number of halogens is 3. The topological polar surface area (TPSA) is 29.1 Å². The molecule has 0 aliphatic heterocycles. The lowest BCUT2D eigenvalue weighted by Crippen LogP contribution is -2.14. The van der Waals surface area contributed by atoms with Crippen molar-refractivity contribution < 1.29 is 13.6 Å². The summed E-state index contributed by atoms with van der Waals surface area (Å²) in [4.78, 5) is 12.3. The molecule has 2 rings (SSSR count). The number of hydrogen-bond donors (Lipinski definition) is 1. The van der Waals surface area contributed by atoms with Crippen molar-refractivity contribution in [3.8, 4) is 0 Å². The first-order valence-corrected chi connectivity index (χ1v) is 7.46. The minimum absolute atomic E-state index is 0.104. The zero-order valence-electron chi connectivity index (χ0n) is 11.1. The highest BCUT2D eigenvalue weighted by Crippen LogP contribution is 2.22. The van der Waals surface area contributed by atoms with E-state index in [1.807, 2.05) is 6.92 Å². The van der Waals surface area contributed by atoms with Crippen molar-refractivity contribution in [3.63, 3.8) is 0 Å². The van der Waals surface area contributed by atoms with E-state index >= 15 is 0 Å². The van der Waals surface area contributed by atoms with Crippen LogP contribution in [0, 0.1) is 18.6 Å². The first-order valence-electron chi connectivity index (χ1n) is 6.09. The number of hydrogen-bond acceptors (Lipinski definition) is 2. The molecule has 0 saturated carbocycles. The number of benzene rings is 2. The van der Waals surface area contributed by atoms with Crippen molar-refractivity contribution in [2.75, 3.05) is 11.1 Å². The number of carbonyl (C=O) groups is 1. The Morgan fingerprint density at radius 2 is 1.95 bits per heavy atom. The maximum absolute atomic E-state index is 13.0. The molecule has 0 saturated heterocycles. The Kier molecular flexibility index (Phi) is 5.20. The number of carbonyl (C=O) groups excluding carboxylic acids is 1. The molecular formula is C15H12ClF2NOS. The molecule has 0 aromatic heterocycles. The van der Waals surface area contributed by atoms with Gasteiger partial charge in [-0.05, 0) is 48.9 Å².